The molecule has 1 unspecified atom stereocenters. The van der Waals surface area contributed by atoms with E-state index < -0.39 is 0 Å². The zero-order valence-electron chi connectivity index (χ0n) is 6.62. The van der Waals surface area contributed by atoms with Crippen molar-refractivity contribution in [3.05, 3.63) is 27.3 Å². The molecule has 0 heterocycles. The molecule has 0 bridgehead atoms. The lowest BCUT2D eigenvalue weighted by molar-refractivity contribution is -0.108. The Morgan fingerprint density at radius 2 is 2.25 bits per heavy atom. The van der Waals surface area contributed by atoms with Gasteiger partial charge in [0, 0.05) is 14.4 Å². The minimum absolute atomic E-state index is 0.0628. The molecule has 64 valence electrons. The average Bonchev–Trinajstić information content (AvgIpc) is 2.08. The van der Waals surface area contributed by atoms with Crippen LogP contribution in [0.1, 0.15) is 18.4 Å². The molecule has 1 nitrogen and oxygen atoms in total. The van der Waals surface area contributed by atoms with Gasteiger partial charge in [-0.1, -0.05) is 19.1 Å². The van der Waals surface area contributed by atoms with E-state index in [1.807, 2.05) is 25.1 Å². The second-order valence-corrected chi connectivity index (χ2v) is 4.21. The number of hydrogen-bond donors (Lipinski definition) is 1. The maximum absolute atomic E-state index is 10.5. The SMILES string of the molecule is CC(C=O)c1cccc(I)c1S. The second-order valence-electron chi connectivity index (χ2n) is 2.60. The van der Waals surface area contributed by atoms with Crippen LogP contribution < -0.4 is 0 Å². The first-order chi connectivity index (χ1) is 5.66. The molecule has 1 aromatic carbocycles. The molecule has 0 fully saturated rings. The van der Waals surface area contributed by atoms with E-state index in [2.05, 4.69) is 35.2 Å². The van der Waals surface area contributed by atoms with Crippen molar-refractivity contribution < 1.29 is 4.79 Å². The van der Waals surface area contributed by atoms with Crippen LogP contribution in [0.15, 0.2) is 23.1 Å². The van der Waals surface area contributed by atoms with Gasteiger partial charge in [-0.3, -0.25) is 0 Å². The lowest BCUT2D eigenvalue weighted by Crippen LogP contribution is -1.96. The summed E-state index contributed by atoms with van der Waals surface area (Å²) in [5.74, 6) is -0.0628. The number of halogens is 1. The van der Waals surface area contributed by atoms with E-state index in [1.54, 1.807) is 0 Å². The summed E-state index contributed by atoms with van der Waals surface area (Å²) in [6, 6.07) is 5.85. The average molecular weight is 292 g/mol. The van der Waals surface area contributed by atoms with Gasteiger partial charge >= 0.3 is 0 Å². The summed E-state index contributed by atoms with van der Waals surface area (Å²) in [7, 11) is 0. The van der Waals surface area contributed by atoms with Gasteiger partial charge in [-0.2, -0.15) is 0 Å². The maximum atomic E-state index is 10.5. The van der Waals surface area contributed by atoms with Crippen molar-refractivity contribution in [2.24, 2.45) is 0 Å². The van der Waals surface area contributed by atoms with Crippen molar-refractivity contribution in [3.8, 4) is 0 Å². The minimum Gasteiger partial charge on any atom is -0.303 e. The largest absolute Gasteiger partial charge is 0.303 e. The first-order valence-corrected chi connectivity index (χ1v) is 5.12. The molecule has 0 spiro atoms. The van der Waals surface area contributed by atoms with Gasteiger partial charge in [0.05, 0.1) is 0 Å². The molecule has 0 saturated carbocycles. The van der Waals surface area contributed by atoms with E-state index >= 15 is 0 Å². The highest BCUT2D eigenvalue weighted by Gasteiger charge is 2.08. The van der Waals surface area contributed by atoms with Crippen molar-refractivity contribution in [2.45, 2.75) is 17.7 Å². The van der Waals surface area contributed by atoms with Crippen molar-refractivity contribution >= 4 is 41.5 Å². The molecule has 0 aliphatic heterocycles. The molecule has 0 aliphatic rings. The normalized spacial score (nSPS) is 12.6. The lowest BCUT2D eigenvalue weighted by atomic mass is 10.0. The third-order valence-corrected chi connectivity index (χ3v) is 3.54. The summed E-state index contributed by atoms with van der Waals surface area (Å²) >= 11 is 6.55. The van der Waals surface area contributed by atoms with Crippen molar-refractivity contribution in [1.29, 1.82) is 0 Å². The molecule has 1 rings (SSSR count). The predicted octanol–water partition coefficient (Wildman–Crippen LogP) is 2.88. The van der Waals surface area contributed by atoms with Crippen LogP contribution in [0.5, 0.6) is 0 Å². The van der Waals surface area contributed by atoms with Crippen LogP contribution in [-0.2, 0) is 4.79 Å². The molecule has 0 aromatic heterocycles. The number of carbonyl (C=O) groups excluding carboxylic acids is 1. The molecule has 0 aliphatic carbocycles. The van der Waals surface area contributed by atoms with Gasteiger partial charge in [0.25, 0.3) is 0 Å². The number of hydrogen-bond acceptors (Lipinski definition) is 2. The van der Waals surface area contributed by atoms with Gasteiger partial charge in [0.15, 0.2) is 0 Å². The Bertz CT molecular complexity index is 299. The van der Waals surface area contributed by atoms with E-state index in [0.29, 0.717) is 0 Å². The molecular weight excluding hydrogens is 283 g/mol. The predicted molar refractivity (Wildman–Crippen MR) is 60.9 cm³/mol. The molecule has 3 heteroatoms. The maximum Gasteiger partial charge on any atom is 0.127 e. The number of rotatable bonds is 2. The van der Waals surface area contributed by atoms with E-state index in [-0.39, 0.29) is 5.92 Å². The highest BCUT2D eigenvalue weighted by Crippen LogP contribution is 2.25. The zero-order chi connectivity index (χ0) is 9.14. The Kier molecular flexibility index (Phi) is 3.58. The van der Waals surface area contributed by atoms with Gasteiger partial charge in [-0.05, 0) is 34.2 Å². The van der Waals surface area contributed by atoms with Crippen LogP contribution in [-0.4, -0.2) is 6.29 Å². The molecule has 1 atom stereocenters. The summed E-state index contributed by atoms with van der Waals surface area (Å²) in [4.78, 5) is 11.4. The quantitative estimate of drug-likeness (QED) is 0.504. The topological polar surface area (TPSA) is 17.1 Å². The third kappa shape index (κ3) is 2.01. The van der Waals surface area contributed by atoms with E-state index in [0.717, 1.165) is 20.3 Å². The standard InChI is InChI=1S/C9H9IOS/c1-6(5-11)7-3-2-4-8(10)9(7)12/h2-6,12H,1H3. The molecule has 0 N–H and O–H groups in total. The van der Waals surface area contributed by atoms with Gasteiger partial charge in [0.2, 0.25) is 0 Å². The van der Waals surface area contributed by atoms with Crippen LogP contribution in [0.2, 0.25) is 0 Å². The van der Waals surface area contributed by atoms with Crippen LogP contribution in [0.25, 0.3) is 0 Å². The summed E-state index contributed by atoms with van der Waals surface area (Å²) in [5.41, 5.74) is 1.00. The van der Waals surface area contributed by atoms with Crippen molar-refractivity contribution in [1.82, 2.24) is 0 Å². The van der Waals surface area contributed by atoms with Gasteiger partial charge < -0.3 is 4.79 Å². The summed E-state index contributed by atoms with van der Waals surface area (Å²) in [6.45, 7) is 1.87. The molecule has 0 saturated heterocycles. The van der Waals surface area contributed by atoms with E-state index in [1.165, 1.54) is 0 Å². The summed E-state index contributed by atoms with van der Waals surface area (Å²) < 4.78 is 1.09. The summed E-state index contributed by atoms with van der Waals surface area (Å²) in [6.07, 6.45) is 0.936. The lowest BCUT2D eigenvalue weighted by Gasteiger charge is -2.08. The Labute approximate surface area is 91.1 Å². The molecule has 0 amide bonds. The Balaban J connectivity index is 3.15. The highest BCUT2D eigenvalue weighted by atomic mass is 127. The van der Waals surface area contributed by atoms with Crippen LogP contribution >= 0.6 is 35.2 Å². The smallest absolute Gasteiger partial charge is 0.127 e. The van der Waals surface area contributed by atoms with Gasteiger partial charge in [0.1, 0.15) is 6.29 Å². The van der Waals surface area contributed by atoms with E-state index in [9.17, 15) is 4.79 Å². The second kappa shape index (κ2) is 4.28. The monoisotopic (exact) mass is 292 g/mol. The van der Waals surface area contributed by atoms with E-state index in [4.69, 9.17) is 0 Å². The minimum atomic E-state index is -0.0628. The van der Waals surface area contributed by atoms with Crippen molar-refractivity contribution in [3.63, 3.8) is 0 Å². The molecule has 12 heavy (non-hydrogen) atoms. The van der Waals surface area contributed by atoms with Crippen LogP contribution in [0.3, 0.4) is 0 Å². The first kappa shape index (κ1) is 10.1. The molecule has 0 radical (unpaired) electrons. The Morgan fingerprint density at radius 1 is 1.58 bits per heavy atom. The number of benzene rings is 1. The summed E-state index contributed by atoms with van der Waals surface area (Å²) in [5, 5.41) is 0. The van der Waals surface area contributed by atoms with Gasteiger partial charge in [-0.25, -0.2) is 0 Å². The number of aldehydes is 1. The van der Waals surface area contributed by atoms with Gasteiger partial charge in [-0.15, -0.1) is 12.6 Å². The van der Waals surface area contributed by atoms with Crippen LogP contribution in [0, 0.1) is 3.57 Å². The fourth-order valence-electron chi connectivity index (χ4n) is 0.973. The first-order valence-electron chi connectivity index (χ1n) is 3.59. The third-order valence-electron chi connectivity index (χ3n) is 1.71. The highest BCUT2D eigenvalue weighted by molar-refractivity contribution is 14.1. The molecule has 1 aromatic rings. The number of thiol groups is 1. The van der Waals surface area contributed by atoms with Crippen molar-refractivity contribution in [2.75, 3.05) is 0 Å². The Morgan fingerprint density at radius 3 is 2.83 bits per heavy atom. The fraction of sp³-hybridized carbons (Fsp3) is 0.222. The Hall–Kier alpha value is -0.0300. The fourth-order valence-corrected chi connectivity index (χ4v) is 1.84. The zero-order valence-corrected chi connectivity index (χ0v) is 9.67. The molecular formula is C9H9IOS. The number of carbonyl (C=O) groups is 1. The van der Waals surface area contributed by atoms with Crippen LogP contribution in [0.4, 0.5) is 0 Å².